The van der Waals surface area contributed by atoms with Crippen LogP contribution in [-0.2, 0) is 40.0 Å². The van der Waals surface area contributed by atoms with Crippen molar-refractivity contribution in [2.24, 2.45) is 56.6 Å². The summed E-state index contributed by atoms with van der Waals surface area (Å²) in [7, 11) is 0. The second-order valence-corrected chi connectivity index (χ2v) is 20.6. The van der Waals surface area contributed by atoms with Crippen LogP contribution in [0.2, 0.25) is 0 Å². The van der Waals surface area contributed by atoms with Gasteiger partial charge in [0.2, 0.25) is 23.6 Å². The Bertz CT molecular complexity index is 1890. The van der Waals surface area contributed by atoms with Crippen molar-refractivity contribution in [3.63, 3.8) is 0 Å². The van der Waals surface area contributed by atoms with E-state index in [0.29, 0.717) is 31.4 Å². The largest absolute Gasteiger partial charge is 0.396 e. The number of unbranched alkanes of at least 4 members (excludes halogenated alkanes) is 12. The summed E-state index contributed by atoms with van der Waals surface area (Å²) in [6.07, 6.45) is 14.5. The van der Waals surface area contributed by atoms with Crippen LogP contribution in [0.4, 0.5) is 0 Å². The molecule has 1 aromatic rings. The van der Waals surface area contributed by atoms with Crippen LogP contribution in [0.15, 0.2) is 40.3 Å². The van der Waals surface area contributed by atoms with Crippen LogP contribution in [0.5, 0.6) is 0 Å². The molecular weight excluding hydrogens is 961 g/mol. The molecule has 20 heteroatoms. The maximum Gasteiger partial charge on any atom is 0.245 e. The minimum absolute atomic E-state index is 0.00242. The average Bonchev–Trinajstić information content (AvgIpc) is 3.36. The third-order valence-electron chi connectivity index (χ3n) is 13.3. The molecule has 0 aromatic heterocycles. The van der Waals surface area contributed by atoms with E-state index >= 15 is 0 Å². The molecule has 0 fully saturated rings. The van der Waals surface area contributed by atoms with Crippen molar-refractivity contribution < 1.29 is 48.9 Å². The van der Waals surface area contributed by atoms with Gasteiger partial charge in [-0.25, -0.2) is 0 Å². The quantitative estimate of drug-likeness (QED) is 0.0253. The number of aliphatic hydroxyl groups is 3. The average molecular weight is 1060 g/mol. The van der Waals surface area contributed by atoms with Gasteiger partial charge in [0.1, 0.15) is 12.1 Å². The Hall–Kier alpha value is -5.47. The lowest BCUT2D eigenvalue weighted by Crippen LogP contribution is -2.57. The number of ketones is 3. The van der Waals surface area contributed by atoms with Crippen molar-refractivity contribution in [2.45, 2.75) is 206 Å². The molecule has 4 amide bonds. The number of nitrogens with zero attached hydrogens (tertiary/aromatic N) is 2. The molecule has 8 atom stereocenters. The molecular formula is C55H96N10O10. The van der Waals surface area contributed by atoms with Crippen molar-refractivity contribution in [1.29, 1.82) is 0 Å². The second-order valence-electron chi connectivity index (χ2n) is 20.6. The summed E-state index contributed by atoms with van der Waals surface area (Å²) >= 11 is 0. The van der Waals surface area contributed by atoms with E-state index in [0.717, 1.165) is 19.3 Å². The predicted molar refractivity (Wildman–Crippen MR) is 294 cm³/mol. The first kappa shape index (κ1) is 67.5. The summed E-state index contributed by atoms with van der Waals surface area (Å²) in [5.41, 5.74) is 22.5. The maximum absolute atomic E-state index is 14.4. The number of carbonyl (C=O) groups excluding carboxylic acids is 7. The molecule has 0 unspecified atom stereocenters. The number of nitrogens with two attached hydrogens (primary N) is 4. The summed E-state index contributed by atoms with van der Waals surface area (Å²) in [6, 6.07) is 3.89. The Labute approximate surface area is 446 Å². The molecule has 0 radical (unpaired) electrons. The van der Waals surface area contributed by atoms with Gasteiger partial charge in [-0.3, -0.25) is 43.5 Å². The van der Waals surface area contributed by atoms with Crippen LogP contribution < -0.4 is 44.2 Å². The second kappa shape index (κ2) is 39.9. The molecule has 0 heterocycles. The lowest BCUT2D eigenvalue weighted by molar-refractivity contribution is -0.137. The molecule has 20 nitrogen and oxygen atoms in total. The molecule has 426 valence electrons. The summed E-state index contributed by atoms with van der Waals surface area (Å²) in [5, 5.41) is 41.6. The number of rotatable bonds is 44. The Morgan fingerprint density at radius 3 is 1.53 bits per heavy atom. The van der Waals surface area contributed by atoms with Gasteiger partial charge in [0.05, 0.1) is 37.3 Å². The fourth-order valence-corrected chi connectivity index (χ4v) is 8.83. The number of aliphatic imine (C=N–C) groups is 2. The van der Waals surface area contributed by atoms with E-state index in [1.807, 2.05) is 6.92 Å². The highest BCUT2D eigenvalue weighted by molar-refractivity contribution is 5.97. The van der Waals surface area contributed by atoms with Crippen LogP contribution >= 0.6 is 0 Å². The monoisotopic (exact) mass is 1060 g/mol. The van der Waals surface area contributed by atoms with E-state index in [9.17, 15) is 48.9 Å². The number of nitrogens with one attached hydrogen (secondary N) is 4. The Morgan fingerprint density at radius 2 is 1.03 bits per heavy atom. The highest BCUT2D eigenvalue weighted by Gasteiger charge is 2.35. The number of aliphatic hydroxyl groups excluding tert-OH is 3. The molecule has 0 aliphatic heterocycles. The zero-order valence-electron chi connectivity index (χ0n) is 45.9. The van der Waals surface area contributed by atoms with E-state index in [4.69, 9.17) is 22.9 Å². The van der Waals surface area contributed by atoms with Crippen molar-refractivity contribution >= 4 is 52.9 Å². The van der Waals surface area contributed by atoms with E-state index in [-0.39, 0.29) is 62.9 Å². The van der Waals surface area contributed by atoms with Crippen LogP contribution in [0.3, 0.4) is 0 Å². The third kappa shape index (κ3) is 30.6. The molecule has 0 aliphatic rings. The predicted octanol–water partition coefficient (Wildman–Crippen LogP) is 3.52. The van der Waals surface area contributed by atoms with Gasteiger partial charge in [0.15, 0.2) is 29.3 Å². The standard InChI is InChI=1S/C55H96N10O10/c1-6-7-8-9-10-11-12-13-14-15-16-17-21-28-48(72)64-50(39(5)68)53(75)65-49(37(2)3)47(71)33-41(32-40-25-19-18-20-26-40)51(73)62-43(27-23-30-61-55(58)59)46(70)34-42(35-66)52(74)63-44(36-67)45(69)31-38(4)24-22-29-60-54(56)57/h18-20,25-26,37-39,41-44,49-50,66-68H,6-17,21-24,27-36H2,1-5H3,(H,62,73)(H,63,74)(H,64,72)(H,65,75)(H4,56,57,60)(H4,58,59,61)/t38-,39-,41-,42+,43+,44+,49+,50+/m1/s1. The van der Waals surface area contributed by atoms with Gasteiger partial charge in [-0.1, -0.05) is 135 Å². The number of carbonyl (C=O) groups is 7. The van der Waals surface area contributed by atoms with Gasteiger partial charge in [0, 0.05) is 44.7 Å². The molecule has 0 bridgehead atoms. The summed E-state index contributed by atoms with van der Waals surface area (Å²) in [5.74, 6) is -7.53. The fraction of sp³-hybridized carbons (Fsp3) is 0.727. The van der Waals surface area contributed by atoms with Crippen LogP contribution in [0, 0.1) is 23.7 Å². The normalized spacial score (nSPS) is 14.5. The molecule has 1 rings (SSSR count). The lowest BCUT2D eigenvalue weighted by atomic mass is 9.87. The summed E-state index contributed by atoms with van der Waals surface area (Å²) < 4.78 is 0. The first-order valence-electron chi connectivity index (χ1n) is 27.6. The lowest BCUT2D eigenvalue weighted by Gasteiger charge is -2.28. The molecule has 0 aliphatic carbocycles. The number of hydrogen-bond donors (Lipinski definition) is 11. The fourth-order valence-electron chi connectivity index (χ4n) is 8.83. The number of hydrogen-bond acceptors (Lipinski definition) is 12. The third-order valence-corrected chi connectivity index (χ3v) is 13.3. The Morgan fingerprint density at radius 1 is 0.533 bits per heavy atom. The van der Waals surface area contributed by atoms with Crippen molar-refractivity contribution in [3.05, 3.63) is 35.9 Å². The Balaban J connectivity index is 3.15. The molecule has 75 heavy (non-hydrogen) atoms. The maximum atomic E-state index is 14.4. The molecule has 15 N–H and O–H groups in total. The summed E-state index contributed by atoms with van der Waals surface area (Å²) in [4.78, 5) is 104. The topological polar surface area (TPSA) is 357 Å². The number of guanidine groups is 2. The zero-order valence-corrected chi connectivity index (χ0v) is 45.9. The highest BCUT2D eigenvalue weighted by atomic mass is 16.3. The first-order valence-corrected chi connectivity index (χ1v) is 27.6. The van der Waals surface area contributed by atoms with Gasteiger partial charge in [0.25, 0.3) is 0 Å². The van der Waals surface area contributed by atoms with E-state index in [1.165, 1.54) is 64.7 Å². The van der Waals surface area contributed by atoms with Crippen molar-refractivity contribution in [2.75, 3.05) is 26.3 Å². The minimum atomic E-state index is -1.36. The minimum Gasteiger partial charge on any atom is -0.396 e. The van der Waals surface area contributed by atoms with Gasteiger partial charge < -0.3 is 59.5 Å². The van der Waals surface area contributed by atoms with Crippen molar-refractivity contribution in [3.8, 4) is 0 Å². The van der Waals surface area contributed by atoms with Gasteiger partial charge in [-0.2, -0.15) is 0 Å². The molecule has 1 aromatic carbocycles. The Kier molecular flexibility index (Phi) is 35.9. The van der Waals surface area contributed by atoms with Crippen LogP contribution in [0.1, 0.15) is 175 Å². The number of amides is 4. The van der Waals surface area contributed by atoms with E-state index in [1.54, 1.807) is 44.2 Å². The number of Topliss-reactive ketones (excluding diaryl/α,β-unsaturated/α-hetero) is 3. The van der Waals surface area contributed by atoms with E-state index in [2.05, 4.69) is 38.2 Å². The molecule has 0 saturated carbocycles. The highest BCUT2D eigenvalue weighted by Crippen LogP contribution is 2.20. The zero-order chi connectivity index (χ0) is 56.1. The first-order chi connectivity index (χ1) is 35.7. The van der Waals surface area contributed by atoms with Crippen LogP contribution in [0.25, 0.3) is 0 Å². The number of benzene rings is 1. The van der Waals surface area contributed by atoms with Crippen LogP contribution in [-0.4, -0.2) is 125 Å². The smallest absolute Gasteiger partial charge is 0.245 e. The van der Waals surface area contributed by atoms with Gasteiger partial charge >= 0.3 is 0 Å². The van der Waals surface area contributed by atoms with Gasteiger partial charge in [-0.15, -0.1) is 0 Å². The SMILES string of the molecule is CCCCCCCCCCCCCCCC(=O)N[C@H](C(=O)N[C@H](C(=O)C[C@@H](Cc1ccccc1)C(=O)N[C@@H](CCCN=C(N)N)C(=O)C[C@@H](CO)C(=O)N[C@@H](CO)C(=O)C[C@H](C)CCCN=C(N)N)C(C)C)[C@@H](C)O. The van der Waals surface area contributed by atoms with E-state index < -0.39 is 109 Å². The summed E-state index contributed by atoms with van der Waals surface area (Å²) in [6.45, 7) is 7.82. The molecule has 0 saturated heterocycles. The van der Waals surface area contributed by atoms with Gasteiger partial charge in [-0.05, 0) is 62.8 Å². The molecule has 0 spiro atoms. The van der Waals surface area contributed by atoms with Crippen molar-refractivity contribution in [1.82, 2.24) is 21.3 Å².